The van der Waals surface area contributed by atoms with Gasteiger partial charge >= 0.3 is 0 Å². The van der Waals surface area contributed by atoms with Crippen LogP contribution in [0.2, 0.25) is 0 Å². The largest absolute Gasteiger partial charge is 0.507 e. The number of hydrogen-bond acceptors (Lipinski definition) is 5. The number of carbonyl (C=O) groups excluding carboxylic acids is 2. The quantitative estimate of drug-likeness (QED) is 0.377. The summed E-state index contributed by atoms with van der Waals surface area (Å²) in [7, 11) is 0. The first-order chi connectivity index (χ1) is 14.6. The van der Waals surface area contributed by atoms with Gasteiger partial charge < -0.3 is 19.2 Å². The van der Waals surface area contributed by atoms with Gasteiger partial charge in [-0.3, -0.25) is 9.59 Å². The van der Waals surface area contributed by atoms with Crippen LogP contribution in [-0.4, -0.2) is 28.3 Å². The number of benzene rings is 2. The molecule has 0 aliphatic carbocycles. The van der Waals surface area contributed by atoms with E-state index in [9.17, 15) is 14.7 Å². The third-order valence-electron chi connectivity index (χ3n) is 5.00. The van der Waals surface area contributed by atoms with Crippen molar-refractivity contribution in [3.8, 4) is 5.75 Å². The number of ether oxygens (including phenoxy) is 1. The van der Waals surface area contributed by atoms with E-state index in [2.05, 4.69) is 0 Å². The van der Waals surface area contributed by atoms with E-state index >= 15 is 0 Å². The van der Waals surface area contributed by atoms with Crippen LogP contribution >= 0.6 is 0 Å². The predicted octanol–water partition coefficient (Wildman–Crippen LogP) is 4.30. The first kappa shape index (κ1) is 19.5. The maximum atomic E-state index is 12.9. The van der Waals surface area contributed by atoms with Crippen LogP contribution in [0.15, 0.2) is 83.0 Å². The number of Topliss-reactive ketones (excluding diaryl/α,β-unsaturated/α-hetero) is 1. The first-order valence-corrected chi connectivity index (χ1v) is 9.69. The highest BCUT2D eigenvalue weighted by molar-refractivity contribution is 6.46. The first-order valence-electron chi connectivity index (χ1n) is 9.69. The summed E-state index contributed by atoms with van der Waals surface area (Å²) in [5.41, 5.74) is 1.23. The lowest BCUT2D eigenvalue weighted by Gasteiger charge is -2.24. The monoisotopic (exact) mass is 403 g/mol. The highest BCUT2D eigenvalue weighted by Gasteiger charge is 2.46. The molecule has 2 heterocycles. The van der Waals surface area contributed by atoms with Crippen LogP contribution in [0.1, 0.15) is 29.9 Å². The molecule has 2 aromatic carbocycles. The van der Waals surface area contributed by atoms with Crippen LogP contribution < -0.4 is 4.74 Å². The fourth-order valence-electron chi connectivity index (χ4n) is 3.62. The van der Waals surface area contributed by atoms with Gasteiger partial charge in [0.1, 0.15) is 17.3 Å². The SMILES string of the molecule is CCOc1ccc([C@H]2/C(=C(\O)c3ccccc3)C(=O)C(=O)N2Cc2ccco2)cc1. The fraction of sp³-hybridized carbons (Fsp3) is 0.167. The lowest BCUT2D eigenvalue weighted by molar-refractivity contribution is -0.140. The van der Waals surface area contributed by atoms with E-state index < -0.39 is 17.7 Å². The Morgan fingerprint density at radius 1 is 1.03 bits per heavy atom. The summed E-state index contributed by atoms with van der Waals surface area (Å²) in [6.45, 7) is 2.54. The average Bonchev–Trinajstić information content (AvgIpc) is 3.37. The molecule has 1 fully saturated rings. The van der Waals surface area contributed by atoms with Gasteiger partial charge in [-0.1, -0.05) is 42.5 Å². The summed E-state index contributed by atoms with van der Waals surface area (Å²) in [5.74, 6) is -0.362. The van der Waals surface area contributed by atoms with Gasteiger partial charge in [-0.25, -0.2) is 0 Å². The van der Waals surface area contributed by atoms with Crippen LogP contribution in [0.3, 0.4) is 0 Å². The lowest BCUT2D eigenvalue weighted by atomic mass is 9.95. The van der Waals surface area contributed by atoms with Crippen molar-refractivity contribution in [3.05, 3.63) is 95.5 Å². The van der Waals surface area contributed by atoms with Gasteiger partial charge in [-0.2, -0.15) is 0 Å². The van der Waals surface area contributed by atoms with Crippen molar-refractivity contribution in [2.75, 3.05) is 6.61 Å². The minimum Gasteiger partial charge on any atom is -0.507 e. The molecule has 6 heteroatoms. The molecule has 1 N–H and O–H groups in total. The number of ketones is 1. The lowest BCUT2D eigenvalue weighted by Crippen LogP contribution is -2.29. The molecule has 1 aliphatic heterocycles. The Morgan fingerprint density at radius 3 is 2.40 bits per heavy atom. The summed E-state index contributed by atoms with van der Waals surface area (Å²) in [5, 5.41) is 11.0. The van der Waals surface area contributed by atoms with Gasteiger partial charge in [-0.05, 0) is 36.8 Å². The third kappa shape index (κ3) is 3.59. The van der Waals surface area contributed by atoms with Gasteiger partial charge in [-0.15, -0.1) is 0 Å². The topological polar surface area (TPSA) is 80.0 Å². The van der Waals surface area contributed by atoms with E-state index in [0.29, 0.717) is 29.2 Å². The second kappa shape index (κ2) is 8.29. The average molecular weight is 403 g/mol. The summed E-state index contributed by atoms with van der Waals surface area (Å²) in [6.07, 6.45) is 1.52. The van der Waals surface area contributed by atoms with Crippen LogP contribution in [0.25, 0.3) is 5.76 Å². The minimum atomic E-state index is -0.744. The van der Waals surface area contributed by atoms with Crippen molar-refractivity contribution in [2.45, 2.75) is 19.5 Å². The van der Waals surface area contributed by atoms with E-state index in [1.54, 1.807) is 60.7 Å². The van der Waals surface area contributed by atoms with Crippen LogP contribution in [0, 0.1) is 0 Å². The molecule has 0 bridgehead atoms. The molecule has 3 aromatic rings. The maximum absolute atomic E-state index is 12.9. The molecule has 0 saturated carbocycles. The summed E-state index contributed by atoms with van der Waals surface area (Å²) >= 11 is 0. The number of nitrogens with zero attached hydrogens (tertiary/aromatic N) is 1. The highest BCUT2D eigenvalue weighted by atomic mass is 16.5. The molecule has 1 saturated heterocycles. The van der Waals surface area contributed by atoms with E-state index in [-0.39, 0.29) is 17.9 Å². The number of hydrogen-bond donors (Lipinski definition) is 1. The fourth-order valence-corrected chi connectivity index (χ4v) is 3.62. The molecule has 1 atom stereocenters. The Kier molecular flexibility index (Phi) is 5.39. The molecule has 0 spiro atoms. The number of likely N-dealkylation sites (tertiary alicyclic amines) is 1. The Morgan fingerprint density at radius 2 is 1.77 bits per heavy atom. The number of aliphatic hydroxyl groups excluding tert-OH is 1. The number of aliphatic hydroxyl groups is 1. The zero-order valence-electron chi connectivity index (χ0n) is 16.4. The standard InChI is InChI=1S/C24H21NO5/c1-2-29-18-12-10-16(11-13-18)21-20(22(26)17-7-4-3-5-8-17)23(27)24(28)25(21)15-19-9-6-14-30-19/h3-14,21,26H,2,15H2,1H3/b22-20+/t21-/m0/s1. The van der Waals surface area contributed by atoms with Crippen molar-refractivity contribution in [1.82, 2.24) is 4.90 Å². The van der Waals surface area contributed by atoms with Crippen LogP contribution in [0.4, 0.5) is 0 Å². The number of carbonyl (C=O) groups is 2. The Labute approximate surface area is 174 Å². The van der Waals surface area contributed by atoms with Gasteiger partial charge in [0.25, 0.3) is 11.7 Å². The van der Waals surface area contributed by atoms with Gasteiger partial charge in [0.05, 0.1) is 31.0 Å². The van der Waals surface area contributed by atoms with Crippen molar-refractivity contribution >= 4 is 17.4 Å². The second-order valence-electron chi connectivity index (χ2n) is 6.87. The Balaban J connectivity index is 1.82. The van der Waals surface area contributed by atoms with E-state index in [1.807, 2.05) is 13.0 Å². The van der Waals surface area contributed by atoms with Crippen LogP contribution in [-0.2, 0) is 16.1 Å². The Hall–Kier alpha value is -3.80. The van der Waals surface area contributed by atoms with E-state index in [0.717, 1.165) is 0 Å². The van der Waals surface area contributed by atoms with E-state index in [4.69, 9.17) is 9.15 Å². The minimum absolute atomic E-state index is 0.0573. The summed E-state index contributed by atoms with van der Waals surface area (Å²) in [4.78, 5) is 27.3. The zero-order chi connectivity index (χ0) is 21.1. The molecule has 30 heavy (non-hydrogen) atoms. The molecule has 1 amide bonds. The summed E-state index contributed by atoms with van der Waals surface area (Å²) in [6, 6.07) is 18.6. The molecule has 4 rings (SSSR count). The van der Waals surface area contributed by atoms with Gasteiger partial charge in [0.2, 0.25) is 0 Å². The Bertz CT molecular complexity index is 1070. The molecule has 152 valence electrons. The van der Waals surface area contributed by atoms with Crippen molar-refractivity contribution in [3.63, 3.8) is 0 Å². The van der Waals surface area contributed by atoms with Crippen molar-refractivity contribution in [1.29, 1.82) is 0 Å². The molecule has 1 aromatic heterocycles. The summed E-state index contributed by atoms with van der Waals surface area (Å²) < 4.78 is 10.9. The molecule has 0 unspecified atom stereocenters. The molecule has 0 radical (unpaired) electrons. The van der Waals surface area contributed by atoms with Crippen LogP contribution in [0.5, 0.6) is 5.75 Å². The van der Waals surface area contributed by atoms with Crippen molar-refractivity contribution < 1.29 is 23.8 Å². The van der Waals surface area contributed by atoms with E-state index in [1.165, 1.54) is 11.2 Å². The van der Waals surface area contributed by atoms with Gasteiger partial charge in [0, 0.05) is 5.56 Å². The zero-order valence-corrected chi connectivity index (χ0v) is 16.4. The third-order valence-corrected chi connectivity index (χ3v) is 5.00. The van der Waals surface area contributed by atoms with Crippen molar-refractivity contribution in [2.24, 2.45) is 0 Å². The highest BCUT2D eigenvalue weighted by Crippen LogP contribution is 2.40. The smallest absolute Gasteiger partial charge is 0.296 e. The number of furan rings is 1. The molecule has 6 nitrogen and oxygen atoms in total. The predicted molar refractivity (Wildman–Crippen MR) is 111 cm³/mol. The molecular formula is C24H21NO5. The number of rotatable bonds is 6. The van der Waals surface area contributed by atoms with Gasteiger partial charge in [0.15, 0.2) is 0 Å². The molecular weight excluding hydrogens is 382 g/mol. The maximum Gasteiger partial charge on any atom is 0.296 e. The second-order valence-corrected chi connectivity index (χ2v) is 6.87. The number of amides is 1. The molecule has 1 aliphatic rings. The normalized spacial score (nSPS) is 18.0.